The van der Waals surface area contributed by atoms with Gasteiger partial charge in [0.1, 0.15) is 10.8 Å². The molecule has 2 rings (SSSR count). The summed E-state index contributed by atoms with van der Waals surface area (Å²) < 4.78 is 13.0. The van der Waals surface area contributed by atoms with E-state index in [4.69, 9.17) is 29.6 Å². The molecule has 0 bridgehead atoms. The fourth-order valence-electron chi connectivity index (χ4n) is 2.11. The topological polar surface area (TPSA) is 38.0 Å². The summed E-state index contributed by atoms with van der Waals surface area (Å²) in [6.45, 7) is 2.64. The molecule has 0 heterocycles. The van der Waals surface area contributed by atoms with E-state index in [9.17, 15) is 4.39 Å². The molecular formula is C16H16ClFN2S. The van der Waals surface area contributed by atoms with Crippen molar-refractivity contribution in [3.8, 4) is 0 Å². The number of thiocarbonyl (C=S) groups is 1. The van der Waals surface area contributed by atoms with Gasteiger partial charge in [0.05, 0.1) is 5.02 Å². The molecule has 0 saturated carbocycles. The van der Waals surface area contributed by atoms with Crippen LogP contribution in [0.3, 0.4) is 0 Å². The van der Waals surface area contributed by atoms with Gasteiger partial charge in [0, 0.05) is 17.8 Å². The number of aryl methyl sites for hydroxylation is 1. The number of benzene rings is 2. The van der Waals surface area contributed by atoms with Gasteiger partial charge in [0.15, 0.2) is 0 Å². The van der Waals surface area contributed by atoms with Gasteiger partial charge < -0.3 is 11.1 Å². The molecule has 5 heteroatoms. The van der Waals surface area contributed by atoms with Crippen LogP contribution in [-0.4, -0.2) is 11.5 Å². The molecular weight excluding hydrogens is 307 g/mol. The minimum absolute atomic E-state index is 0.204. The third-order valence-electron chi connectivity index (χ3n) is 3.26. The van der Waals surface area contributed by atoms with Gasteiger partial charge in [-0.15, -0.1) is 0 Å². The average molecular weight is 323 g/mol. The van der Waals surface area contributed by atoms with E-state index in [1.54, 1.807) is 18.2 Å². The van der Waals surface area contributed by atoms with E-state index in [-0.39, 0.29) is 10.8 Å². The van der Waals surface area contributed by atoms with Gasteiger partial charge in [0.2, 0.25) is 0 Å². The van der Waals surface area contributed by atoms with E-state index in [0.29, 0.717) is 10.6 Å². The highest BCUT2D eigenvalue weighted by Crippen LogP contribution is 2.21. The smallest absolute Gasteiger partial charge is 0.123 e. The first-order chi connectivity index (χ1) is 9.97. The average Bonchev–Trinajstić information content (AvgIpc) is 2.41. The van der Waals surface area contributed by atoms with Crippen LogP contribution in [0.5, 0.6) is 0 Å². The van der Waals surface area contributed by atoms with E-state index in [2.05, 4.69) is 5.32 Å². The molecule has 0 radical (unpaired) electrons. The standard InChI is InChI=1S/C16H16ClFN2S/c1-10-8-12(18)3-2-11(10)6-7-20-13-4-5-14(16(19)21)15(17)9-13/h2-5,8-9,20H,6-7H2,1H3,(H2,19,21). The molecule has 2 nitrogen and oxygen atoms in total. The second-order valence-electron chi connectivity index (χ2n) is 4.81. The van der Waals surface area contributed by atoms with Crippen LogP contribution in [0.15, 0.2) is 36.4 Å². The number of anilines is 1. The molecule has 0 fully saturated rings. The molecule has 0 unspecified atom stereocenters. The number of hydrogen-bond donors (Lipinski definition) is 2. The number of halogens is 2. The van der Waals surface area contributed by atoms with Crippen LogP contribution in [-0.2, 0) is 6.42 Å². The first kappa shape index (κ1) is 15.7. The molecule has 0 spiro atoms. The highest BCUT2D eigenvalue weighted by atomic mass is 35.5. The molecule has 0 aliphatic carbocycles. The SMILES string of the molecule is Cc1cc(F)ccc1CCNc1ccc(C(N)=S)c(Cl)c1. The predicted molar refractivity (Wildman–Crippen MR) is 90.7 cm³/mol. The van der Waals surface area contributed by atoms with Gasteiger partial charge in [0.25, 0.3) is 0 Å². The van der Waals surface area contributed by atoms with Crippen molar-refractivity contribution in [1.29, 1.82) is 0 Å². The summed E-state index contributed by atoms with van der Waals surface area (Å²) >= 11 is 11.0. The van der Waals surface area contributed by atoms with Crippen molar-refractivity contribution in [2.45, 2.75) is 13.3 Å². The molecule has 0 aromatic heterocycles. The monoisotopic (exact) mass is 322 g/mol. The molecule has 0 aliphatic heterocycles. The molecule has 21 heavy (non-hydrogen) atoms. The Hall–Kier alpha value is -1.65. The second-order valence-corrected chi connectivity index (χ2v) is 5.65. The van der Waals surface area contributed by atoms with Crippen molar-refractivity contribution in [3.63, 3.8) is 0 Å². The van der Waals surface area contributed by atoms with E-state index < -0.39 is 0 Å². The minimum Gasteiger partial charge on any atom is -0.389 e. The van der Waals surface area contributed by atoms with Gasteiger partial charge in [-0.2, -0.15) is 0 Å². The van der Waals surface area contributed by atoms with E-state index >= 15 is 0 Å². The summed E-state index contributed by atoms with van der Waals surface area (Å²) in [4.78, 5) is 0.286. The predicted octanol–water partition coefficient (Wildman–Crippen LogP) is 4.08. The zero-order chi connectivity index (χ0) is 15.4. The Morgan fingerprint density at radius 1 is 1.29 bits per heavy atom. The van der Waals surface area contributed by atoms with Gasteiger partial charge >= 0.3 is 0 Å². The van der Waals surface area contributed by atoms with Gasteiger partial charge in [-0.3, -0.25) is 0 Å². The number of nitrogens with two attached hydrogens (primary N) is 1. The third kappa shape index (κ3) is 4.16. The third-order valence-corrected chi connectivity index (χ3v) is 3.80. The minimum atomic E-state index is -0.204. The zero-order valence-electron chi connectivity index (χ0n) is 11.6. The van der Waals surface area contributed by atoms with Gasteiger partial charge in [-0.05, 0) is 54.8 Å². The first-order valence-corrected chi connectivity index (χ1v) is 7.34. The summed E-state index contributed by atoms with van der Waals surface area (Å²) in [6.07, 6.45) is 0.806. The maximum absolute atomic E-state index is 13.0. The fourth-order valence-corrected chi connectivity index (χ4v) is 2.62. The highest BCUT2D eigenvalue weighted by molar-refractivity contribution is 7.80. The molecule has 0 atom stereocenters. The van der Waals surface area contributed by atoms with Gasteiger partial charge in [-0.25, -0.2) is 4.39 Å². The van der Waals surface area contributed by atoms with E-state index in [1.807, 2.05) is 19.1 Å². The highest BCUT2D eigenvalue weighted by Gasteiger charge is 2.05. The fraction of sp³-hybridized carbons (Fsp3) is 0.188. The van der Waals surface area contributed by atoms with Crippen molar-refractivity contribution in [1.82, 2.24) is 0 Å². The quantitative estimate of drug-likeness (QED) is 0.815. The Bertz CT molecular complexity index is 673. The Morgan fingerprint density at radius 2 is 2.05 bits per heavy atom. The van der Waals surface area contributed by atoms with Crippen LogP contribution in [0, 0.1) is 12.7 Å². The molecule has 0 amide bonds. The van der Waals surface area contributed by atoms with Crippen LogP contribution >= 0.6 is 23.8 Å². The number of nitrogens with one attached hydrogen (secondary N) is 1. The van der Waals surface area contributed by atoms with E-state index in [0.717, 1.165) is 29.8 Å². The molecule has 3 N–H and O–H groups in total. The van der Waals surface area contributed by atoms with Crippen molar-refractivity contribution in [3.05, 3.63) is 63.9 Å². The maximum Gasteiger partial charge on any atom is 0.123 e. The first-order valence-electron chi connectivity index (χ1n) is 6.55. The van der Waals surface area contributed by atoms with E-state index in [1.165, 1.54) is 6.07 Å². The molecule has 0 aliphatic rings. The molecule has 2 aromatic carbocycles. The molecule has 2 aromatic rings. The number of hydrogen-bond acceptors (Lipinski definition) is 2. The van der Waals surface area contributed by atoms with Crippen molar-refractivity contribution in [2.24, 2.45) is 5.73 Å². The number of rotatable bonds is 5. The summed E-state index contributed by atoms with van der Waals surface area (Å²) in [5.74, 6) is -0.204. The Morgan fingerprint density at radius 3 is 2.67 bits per heavy atom. The summed E-state index contributed by atoms with van der Waals surface area (Å²) in [6, 6.07) is 10.3. The van der Waals surface area contributed by atoms with Crippen LogP contribution in [0.1, 0.15) is 16.7 Å². The van der Waals surface area contributed by atoms with Gasteiger partial charge in [-0.1, -0.05) is 29.9 Å². The lowest BCUT2D eigenvalue weighted by molar-refractivity contribution is 0.625. The normalized spacial score (nSPS) is 10.4. The lowest BCUT2D eigenvalue weighted by Crippen LogP contribution is -2.11. The van der Waals surface area contributed by atoms with Crippen LogP contribution in [0.4, 0.5) is 10.1 Å². The summed E-state index contributed by atoms with van der Waals surface area (Å²) in [7, 11) is 0. The van der Waals surface area contributed by atoms with Crippen LogP contribution < -0.4 is 11.1 Å². The lowest BCUT2D eigenvalue weighted by Gasteiger charge is -2.10. The van der Waals surface area contributed by atoms with Crippen molar-refractivity contribution in [2.75, 3.05) is 11.9 Å². The van der Waals surface area contributed by atoms with Crippen molar-refractivity contribution >= 4 is 34.5 Å². The zero-order valence-corrected chi connectivity index (χ0v) is 13.2. The molecule has 110 valence electrons. The van der Waals surface area contributed by atoms with Crippen molar-refractivity contribution < 1.29 is 4.39 Å². The molecule has 0 saturated heterocycles. The summed E-state index contributed by atoms with van der Waals surface area (Å²) in [5.41, 5.74) is 9.22. The Kier molecular flexibility index (Phi) is 5.15. The van der Waals surface area contributed by atoms with Crippen LogP contribution in [0.25, 0.3) is 0 Å². The summed E-state index contributed by atoms with van der Waals surface area (Å²) in [5, 5.41) is 3.81. The van der Waals surface area contributed by atoms with Crippen LogP contribution in [0.2, 0.25) is 5.02 Å². The Balaban J connectivity index is 1.97. The Labute approximate surface area is 134 Å². The second kappa shape index (κ2) is 6.87. The lowest BCUT2D eigenvalue weighted by atomic mass is 10.1. The maximum atomic E-state index is 13.0. The largest absolute Gasteiger partial charge is 0.389 e.